The van der Waals surface area contributed by atoms with Crippen LogP contribution >= 0.6 is 23.5 Å². The number of nitrogens with one attached hydrogen (secondary N) is 2. The monoisotopic (exact) mass is 638 g/mol. The number of hydrogen-bond acceptors (Lipinski definition) is 6. The van der Waals surface area contributed by atoms with Crippen LogP contribution in [-0.4, -0.2) is 29.1 Å². The molecule has 0 radical (unpaired) electrons. The van der Waals surface area contributed by atoms with Gasteiger partial charge in [0.25, 0.3) is 5.91 Å². The Bertz CT molecular complexity index is 1810. The van der Waals surface area contributed by atoms with Gasteiger partial charge >= 0.3 is 5.97 Å². The number of rotatable bonds is 10. The van der Waals surface area contributed by atoms with Crippen LogP contribution in [0.15, 0.2) is 114 Å². The van der Waals surface area contributed by atoms with Crippen molar-refractivity contribution in [3.05, 3.63) is 125 Å². The molecule has 0 aromatic heterocycles. The van der Waals surface area contributed by atoms with Crippen molar-refractivity contribution in [3.8, 4) is 17.2 Å². The minimum absolute atomic E-state index is 0.0294. The van der Waals surface area contributed by atoms with Gasteiger partial charge in [-0.2, -0.15) is 0 Å². The standard InChI is InChI=1S/C36H31ClN2O5S/c37-26-9-19-32(20-10-26)45-39-27-11-17-29(18-12-27)44-31-16-8-24-21-30(15-7-25(24)22-31)43-28-13-5-23(6-14-28)35(40)38-34-4-2-1-3-33(34)36(41)42/h1-10,13-16,19-22,27,29,39H,11-12,17-18H2,(H,38,40)(H,41,42). The molecule has 3 N–H and O–H groups in total. The third kappa shape index (κ3) is 7.97. The molecule has 0 bridgehead atoms. The number of hydrogen-bond donors (Lipinski definition) is 3. The lowest BCUT2D eigenvalue weighted by atomic mass is 9.93. The summed E-state index contributed by atoms with van der Waals surface area (Å²) < 4.78 is 16.0. The molecule has 9 heteroatoms. The van der Waals surface area contributed by atoms with Crippen molar-refractivity contribution in [3.63, 3.8) is 0 Å². The maximum atomic E-state index is 12.7. The smallest absolute Gasteiger partial charge is 0.337 e. The van der Waals surface area contributed by atoms with Crippen LogP contribution in [0.3, 0.4) is 0 Å². The molecule has 0 unspecified atom stereocenters. The topological polar surface area (TPSA) is 96.9 Å². The molecule has 0 spiro atoms. The molecule has 5 aromatic rings. The van der Waals surface area contributed by atoms with Crippen LogP contribution in [0.1, 0.15) is 46.4 Å². The summed E-state index contributed by atoms with van der Waals surface area (Å²) in [5.41, 5.74) is 0.655. The average Bonchev–Trinajstić information content (AvgIpc) is 3.06. The number of halogens is 1. The highest BCUT2D eigenvalue weighted by atomic mass is 35.5. The van der Waals surface area contributed by atoms with Gasteiger partial charge in [-0.3, -0.25) is 9.52 Å². The van der Waals surface area contributed by atoms with Gasteiger partial charge in [-0.05, 0) is 133 Å². The number of carbonyl (C=O) groups is 2. The van der Waals surface area contributed by atoms with Gasteiger partial charge in [-0.25, -0.2) is 4.79 Å². The second-order valence-corrected chi connectivity index (χ2v) is 12.2. The summed E-state index contributed by atoms with van der Waals surface area (Å²) in [5.74, 6) is 0.602. The van der Waals surface area contributed by atoms with Gasteiger partial charge in [0.1, 0.15) is 17.2 Å². The number of fused-ring (bicyclic) bond motifs is 1. The third-order valence-corrected chi connectivity index (χ3v) is 8.89. The Kier molecular flexibility index (Phi) is 9.55. The third-order valence-electron chi connectivity index (χ3n) is 7.68. The van der Waals surface area contributed by atoms with Crippen molar-refractivity contribution in [2.75, 3.05) is 5.32 Å². The predicted molar refractivity (Wildman–Crippen MR) is 179 cm³/mol. The van der Waals surface area contributed by atoms with Gasteiger partial charge in [-0.1, -0.05) is 35.9 Å². The Morgan fingerprint density at radius 3 is 2.11 bits per heavy atom. The highest BCUT2D eigenvalue weighted by molar-refractivity contribution is 7.97. The normalized spacial score (nSPS) is 16.2. The van der Waals surface area contributed by atoms with Crippen LogP contribution in [0.25, 0.3) is 10.8 Å². The van der Waals surface area contributed by atoms with E-state index >= 15 is 0 Å². The van der Waals surface area contributed by atoms with Crippen LogP contribution < -0.4 is 19.5 Å². The van der Waals surface area contributed by atoms with E-state index < -0.39 is 11.9 Å². The van der Waals surface area contributed by atoms with Crippen LogP contribution in [0.2, 0.25) is 5.02 Å². The Labute approximate surface area is 270 Å². The van der Waals surface area contributed by atoms with Crippen LogP contribution in [0.5, 0.6) is 17.2 Å². The molecule has 6 rings (SSSR count). The Hall–Kier alpha value is -4.50. The first-order chi connectivity index (χ1) is 21.9. The number of anilines is 1. The summed E-state index contributed by atoms with van der Waals surface area (Å²) in [5, 5.41) is 14.8. The molecule has 1 fully saturated rings. The van der Waals surface area contributed by atoms with E-state index in [4.69, 9.17) is 21.1 Å². The molecular formula is C36H31ClN2O5S. The zero-order valence-electron chi connectivity index (χ0n) is 24.2. The number of carboxylic acid groups (broad SMARTS) is 1. The first-order valence-electron chi connectivity index (χ1n) is 14.7. The summed E-state index contributed by atoms with van der Waals surface area (Å²) in [6, 6.07) is 33.3. The molecule has 0 heterocycles. The molecule has 1 aliphatic rings. The fourth-order valence-electron chi connectivity index (χ4n) is 5.27. The molecule has 45 heavy (non-hydrogen) atoms. The first-order valence-corrected chi connectivity index (χ1v) is 15.9. The quantitative estimate of drug-likeness (QED) is 0.131. The largest absolute Gasteiger partial charge is 0.490 e. The van der Waals surface area contributed by atoms with E-state index in [1.54, 1.807) is 54.4 Å². The number of benzene rings is 5. The van der Waals surface area contributed by atoms with Crippen molar-refractivity contribution in [2.45, 2.75) is 42.7 Å². The van der Waals surface area contributed by atoms with E-state index in [9.17, 15) is 14.7 Å². The first kappa shape index (κ1) is 30.5. The van der Waals surface area contributed by atoms with Crippen LogP contribution in [0.4, 0.5) is 5.69 Å². The van der Waals surface area contributed by atoms with Crippen molar-refractivity contribution in [2.24, 2.45) is 0 Å². The molecule has 0 saturated heterocycles. The predicted octanol–water partition coefficient (Wildman–Crippen LogP) is 9.22. The minimum Gasteiger partial charge on any atom is -0.490 e. The van der Waals surface area contributed by atoms with Gasteiger partial charge in [0, 0.05) is 21.5 Å². The molecule has 1 saturated carbocycles. The lowest BCUT2D eigenvalue weighted by Gasteiger charge is -2.29. The molecule has 0 atom stereocenters. The molecule has 1 aliphatic carbocycles. The second kappa shape index (κ2) is 14.1. The molecule has 1 amide bonds. The highest BCUT2D eigenvalue weighted by Gasteiger charge is 2.22. The van der Waals surface area contributed by atoms with Crippen LogP contribution in [0, 0.1) is 0 Å². The molecule has 5 aromatic carbocycles. The van der Waals surface area contributed by atoms with Crippen molar-refractivity contribution in [1.29, 1.82) is 0 Å². The highest BCUT2D eigenvalue weighted by Crippen LogP contribution is 2.31. The van der Waals surface area contributed by atoms with E-state index in [1.807, 2.05) is 54.6 Å². The van der Waals surface area contributed by atoms with E-state index in [0.29, 0.717) is 23.1 Å². The van der Waals surface area contributed by atoms with E-state index in [2.05, 4.69) is 16.1 Å². The Morgan fingerprint density at radius 1 is 0.756 bits per heavy atom. The summed E-state index contributed by atoms with van der Waals surface area (Å²) in [6.07, 6.45) is 4.31. The molecular weight excluding hydrogens is 608 g/mol. The fourth-order valence-corrected chi connectivity index (χ4v) is 6.20. The molecule has 0 aliphatic heterocycles. The Morgan fingerprint density at radius 2 is 1.40 bits per heavy atom. The van der Waals surface area contributed by atoms with Crippen LogP contribution in [-0.2, 0) is 0 Å². The fraction of sp³-hybridized carbons (Fsp3) is 0.167. The number of carboxylic acids is 1. The van der Waals surface area contributed by atoms with Gasteiger partial charge < -0.3 is 19.9 Å². The maximum Gasteiger partial charge on any atom is 0.337 e. The average molecular weight is 639 g/mol. The van der Waals surface area contributed by atoms with E-state index in [0.717, 1.165) is 52.1 Å². The zero-order valence-corrected chi connectivity index (χ0v) is 25.8. The number of ether oxygens (including phenoxy) is 2. The number of aromatic carboxylic acids is 1. The number of carbonyl (C=O) groups excluding carboxylic acids is 1. The lowest BCUT2D eigenvalue weighted by Crippen LogP contribution is -2.33. The maximum absolute atomic E-state index is 12.7. The molecule has 228 valence electrons. The summed E-state index contributed by atoms with van der Waals surface area (Å²) >= 11 is 7.64. The van der Waals surface area contributed by atoms with Crippen molar-refractivity contribution >= 4 is 51.9 Å². The van der Waals surface area contributed by atoms with Crippen molar-refractivity contribution < 1.29 is 24.2 Å². The van der Waals surface area contributed by atoms with Gasteiger partial charge in [-0.15, -0.1) is 0 Å². The summed E-state index contributed by atoms with van der Waals surface area (Å²) in [6.45, 7) is 0. The number of para-hydroxylation sites is 1. The van der Waals surface area contributed by atoms with E-state index in [-0.39, 0.29) is 17.4 Å². The summed E-state index contributed by atoms with van der Waals surface area (Å²) in [7, 11) is 0. The van der Waals surface area contributed by atoms with E-state index in [1.165, 1.54) is 6.07 Å². The molecule has 7 nitrogen and oxygen atoms in total. The minimum atomic E-state index is -1.11. The second-order valence-electron chi connectivity index (χ2n) is 10.9. The zero-order chi connectivity index (χ0) is 31.2. The number of amides is 1. The van der Waals surface area contributed by atoms with Gasteiger partial charge in [0.05, 0.1) is 17.4 Å². The van der Waals surface area contributed by atoms with Crippen molar-refractivity contribution in [1.82, 2.24) is 4.72 Å². The van der Waals surface area contributed by atoms with Gasteiger partial charge in [0.2, 0.25) is 0 Å². The summed E-state index contributed by atoms with van der Waals surface area (Å²) in [4.78, 5) is 25.3. The lowest BCUT2D eigenvalue weighted by molar-refractivity contribution is 0.0698. The Balaban J connectivity index is 1.01. The SMILES string of the molecule is O=C(Nc1ccccc1C(=O)O)c1ccc(Oc2ccc3cc(OC4CCC(NSc5ccc(Cl)cc5)CC4)ccc3c2)cc1. The van der Waals surface area contributed by atoms with Gasteiger partial charge in [0.15, 0.2) is 0 Å².